The van der Waals surface area contributed by atoms with E-state index in [1.54, 1.807) is 43.5 Å². The Bertz CT molecular complexity index is 883. The number of hydrogen-bond acceptors (Lipinski definition) is 6. The maximum absolute atomic E-state index is 12.3. The minimum absolute atomic E-state index is 0.183. The van der Waals surface area contributed by atoms with Crippen LogP contribution in [0.25, 0.3) is 0 Å². The molecule has 1 N–H and O–H groups in total. The lowest BCUT2D eigenvalue weighted by atomic mass is 10.2. The van der Waals surface area contributed by atoms with Crippen molar-refractivity contribution < 1.29 is 28.0 Å². The van der Waals surface area contributed by atoms with Gasteiger partial charge in [-0.3, -0.25) is 9.00 Å². The molecule has 8 heteroatoms. The van der Waals surface area contributed by atoms with Crippen LogP contribution in [-0.2, 0) is 26.9 Å². The van der Waals surface area contributed by atoms with Gasteiger partial charge in [0.25, 0.3) is 5.91 Å². The zero-order valence-corrected chi connectivity index (χ0v) is 17.0. The van der Waals surface area contributed by atoms with Crippen molar-refractivity contribution in [3.8, 4) is 11.5 Å². The molecular formula is C20H23NO6S. The van der Waals surface area contributed by atoms with Crippen LogP contribution >= 0.6 is 0 Å². The molecule has 0 unspecified atom stereocenters. The summed E-state index contributed by atoms with van der Waals surface area (Å²) in [7, 11) is 1.73. The predicted octanol–water partition coefficient (Wildman–Crippen LogP) is 2.30. The summed E-state index contributed by atoms with van der Waals surface area (Å²) in [6.07, 6.45) is 0.469. The highest BCUT2D eigenvalue weighted by molar-refractivity contribution is 7.84. The average Bonchev–Trinajstić information content (AvgIpc) is 2.71. The molecule has 1 amide bonds. The van der Waals surface area contributed by atoms with Crippen molar-refractivity contribution in [2.75, 3.05) is 20.5 Å². The van der Waals surface area contributed by atoms with Crippen LogP contribution in [0.15, 0.2) is 47.4 Å². The van der Waals surface area contributed by atoms with Crippen molar-refractivity contribution in [1.29, 1.82) is 0 Å². The summed E-state index contributed by atoms with van der Waals surface area (Å²) in [5.74, 6) is 0.00236. The van der Waals surface area contributed by atoms with Gasteiger partial charge in [0.1, 0.15) is 0 Å². The number of amides is 1. The monoisotopic (exact) mass is 405 g/mol. The number of hydrogen-bond donors (Lipinski definition) is 1. The maximum Gasteiger partial charge on any atom is 0.340 e. The van der Waals surface area contributed by atoms with Crippen LogP contribution in [0.4, 0.5) is 0 Å². The first-order chi connectivity index (χ1) is 13.4. The Kier molecular flexibility index (Phi) is 7.57. The van der Waals surface area contributed by atoms with Gasteiger partial charge < -0.3 is 19.5 Å². The van der Waals surface area contributed by atoms with Crippen LogP contribution in [0.2, 0.25) is 0 Å². The zero-order chi connectivity index (χ0) is 20.7. The highest BCUT2D eigenvalue weighted by atomic mass is 32.2. The smallest absolute Gasteiger partial charge is 0.340 e. The van der Waals surface area contributed by atoms with E-state index in [1.165, 1.54) is 26.4 Å². The van der Waals surface area contributed by atoms with Crippen LogP contribution in [0.1, 0.15) is 22.8 Å². The van der Waals surface area contributed by atoms with Gasteiger partial charge in [0, 0.05) is 12.8 Å². The molecule has 28 heavy (non-hydrogen) atoms. The number of ether oxygens (including phenoxy) is 3. The second-order valence-electron chi connectivity index (χ2n) is 5.90. The van der Waals surface area contributed by atoms with Gasteiger partial charge in [-0.15, -0.1) is 0 Å². The molecule has 0 aliphatic rings. The van der Waals surface area contributed by atoms with E-state index in [9.17, 15) is 13.8 Å². The largest absolute Gasteiger partial charge is 0.493 e. The Morgan fingerprint density at radius 2 is 1.75 bits per heavy atom. The molecule has 0 fully saturated rings. The number of rotatable bonds is 8. The number of carbonyl (C=O) groups is 2. The summed E-state index contributed by atoms with van der Waals surface area (Å²) in [5, 5.41) is 2.71. The Hall–Kier alpha value is -2.87. The number of esters is 1. The molecule has 0 aliphatic heterocycles. The van der Waals surface area contributed by atoms with Crippen LogP contribution in [0.5, 0.6) is 11.5 Å². The van der Waals surface area contributed by atoms with E-state index in [0.29, 0.717) is 16.4 Å². The minimum Gasteiger partial charge on any atom is -0.493 e. The molecule has 2 atom stereocenters. The van der Waals surface area contributed by atoms with Crippen molar-refractivity contribution in [2.24, 2.45) is 0 Å². The summed E-state index contributed by atoms with van der Waals surface area (Å²) < 4.78 is 27.4. The molecule has 7 nitrogen and oxygen atoms in total. The molecule has 0 heterocycles. The fraction of sp³-hybridized carbons (Fsp3) is 0.300. The lowest BCUT2D eigenvalue weighted by Gasteiger charge is -2.15. The molecule has 2 aromatic rings. The normalized spacial score (nSPS) is 12.6. The lowest BCUT2D eigenvalue weighted by Crippen LogP contribution is -2.35. The fourth-order valence-corrected chi connectivity index (χ4v) is 3.22. The molecule has 0 aromatic heterocycles. The van der Waals surface area contributed by atoms with E-state index >= 15 is 0 Å². The molecule has 0 spiro atoms. The zero-order valence-electron chi connectivity index (χ0n) is 16.2. The fourth-order valence-electron chi connectivity index (χ4n) is 2.49. The molecule has 0 radical (unpaired) electrons. The lowest BCUT2D eigenvalue weighted by molar-refractivity contribution is -0.129. The third kappa shape index (κ3) is 5.32. The molecular weight excluding hydrogens is 382 g/mol. The van der Waals surface area contributed by atoms with E-state index in [4.69, 9.17) is 14.2 Å². The first-order valence-electron chi connectivity index (χ1n) is 8.49. The van der Waals surface area contributed by atoms with E-state index in [1.807, 2.05) is 0 Å². The van der Waals surface area contributed by atoms with Crippen molar-refractivity contribution in [2.45, 2.75) is 24.5 Å². The molecule has 150 valence electrons. The van der Waals surface area contributed by atoms with Crippen LogP contribution in [0, 0.1) is 0 Å². The van der Waals surface area contributed by atoms with Gasteiger partial charge in [0.05, 0.1) is 35.5 Å². The highest BCUT2D eigenvalue weighted by Gasteiger charge is 2.21. The van der Waals surface area contributed by atoms with Gasteiger partial charge in [0.15, 0.2) is 17.6 Å². The standard InChI is InChI=1S/C20H23NO6S/c1-13(27-20(23)15-7-5-6-8-18(15)28(4)24)19(22)21-12-14-9-10-16(25-2)17(11-14)26-3/h5-11,13H,12H2,1-4H3,(H,21,22)/t13-,28+/m1/s1. The summed E-state index contributed by atoms with van der Waals surface area (Å²) in [5.41, 5.74) is 0.985. The third-order valence-corrected chi connectivity index (χ3v) is 4.96. The molecule has 2 rings (SSSR count). The summed E-state index contributed by atoms with van der Waals surface area (Å²) in [6.45, 7) is 1.71. The van der Waals surface area contributed by atoms with E-state index in [0.717, 1.165) is 5.56 Å². The minimum atomic E-state index is -1.34. The number of nitrogens with one attached hydrogen (secondary N) is 1. The number of methoxy groups -OCH3 is 2. The molecule has 0 saturated heterocycles. The van der Waals surface area contributed by atoms with Gasteiger partial charge in [-0.2, -0.15) is 0 Å². The van der Waals surface area contributed by atoms with Gasteiger partial charge >= 0.3 is 5.97 Å². The Morgan fingerprint density at radius 3 is 2.39 bits per heavy atom. The Morgan fingerprint density at radius 1 is 1.07 bits per heavy atom. The first kappa shape index (κ1) is 21.4. The Balaban J connectivity index is 1.98. The second kappa shape index (κ2) is 9.89. The van der Waals surface area contributed by atoms with Gasteiger partial charge in [-0.1, -0.05) is 18.2 Å². The maximum atomic E-state index is 12.3. The van der Waals surface area contributed by atoms with E-state index < -0.39 is 28.8 Å². The molecule has 2 aromatic carbocycles. The van der Waals surface area contributed by atoms with E-state index in [-0.39, 0.29) is 12.1 Å². The second-order valence-corrected chi connectivity index (χ2v) is 7.25. The van der Waals surface area contributed by atoms with E-state index in [2.05, 4.69) is 5.32 Å². The van der Waals surface area contributed by atoms with Gasteiger partial charge in [0.2, 0.25) is 0 Å². The van der Waals surface area contributed by atoms with Crippen molar-refractivity contribution in [3.63, 3.8) is 0 Å². The summed E-state index contributed by atoms with van der Waals surface area (Å²) >= 11 is 0. The van der Waals surface area contributed by atoms with Gasteiger partial charge in [-0.25, -0.2) is 4.79 Å². The summed E-state index contributed by atoms with van der Waals surface area (Å²) in [6, 6.07) is 11.7. The first-order valence-corrected chi connectivity index (χ1v) is 10.0. The SMILES string of the molecule is COc1ccc(CNC(=O)[C@@H](C)OC(=O)c2ccccc2[S@](C)=O)cc1OC. The third-order valence-electron chi connectivity index (χ3n) is 3.98. The topological polar surface area (TPSA) is 90.9 Å². The average molecular weight is 405 g/mol. The molecule has 0 bridgehead atoms. The molecule has 0 saturated carbocycles. The van der Waals surface area contributed by atoms with Crippen LogP contribution in [-0.4, -0.2) is 42.7 Å². The number of benzene rings is 2. The van der Waals surface area contributed by atoms with Gasteiger partial charge in [-0.05, 0) is 36.8 Å². The van der Waals surface area contributed by atoms with Crippen LogP contribution < -0.4 is 14.8 Å². The van der Waals surface area contributed by atoms with Crippen molar-refractivity contribution in [1.82, 2.24) is 5.32 Å². The predicted molar refractivity (Wildman–Crippen MR) is 105 cm³/mol. The van der Waals surface area contributed by atoms with Crippen molar-refractivity contribution >= 4 is 22.7 Å². The highest BCUT2D eigenvalue weighted by Crippen LogP contribution is 2.27. The molecule has 0 aliphatic carbocycles. The van der Waals surface area contributed by atoms with Crippen molar-refractivity contribution in [3.05, 3.63) is 53.6 Å². The number of carbonyl (C=O) groups excluding carboxylic acids is 2. The quantitative estimate of drug-likeness (QED) is 0.678. The summed E-state index contributed by atoms with van der Waals surface area (Å²) in [4.78, 5) is 25.0. The van der Waals surface area contributed by atoms with Crippen LogP contribution in [0.3, 0.4) is 0 Å². The Labute approximate surface area is 166 Å².